The monoisotopic (exact) mass is 245 g/mol. The van der Waals surface area contributed by atoms with Gasteiger partial charge in [0, 0.05) is 6.54 Å². The maximum atomic E-state index is 12.8. The lowest BCUT2D eigenvalue weighted by Gasteiger charge is -2.11. The summed E-state index contributed by atoms with van der Waals surface area (Å²) in [6, 6.07) is 2.25. The fraction of sp³-hybridized carbons (Fsp3) is 0.273. The fourth-order valence-electron chi connectivity index (χ4n) is 1.54. The molecule has 1 aliphatic heterocycles. The standard InChI is InChI=1S/C11H10F3NO2/c12-11(13,14)8-5-10-9(16-6-17-10)4-7(8)2-1-3-15/h1-2,4-5H,3,6,15H2/b2-1+. The van der Waals surface area contributed by atoms with Crippen molar-refractivity contribution in [1.29, 1.82) is 0 Å². The number of alkyl halides is 3. The molecule has 0 radical (unpaired) electrons. The quantitative estimate of drug-likeness (QED) is 0.870. The minimum atomic E-state index is -4.44. The lowest BCUT2D eigenvalue weighted by Crippen LogP contribution is -2.07. The molecule has 1 heterocycles. The van der Waals surface area contributed by atoms with Gasteiger partial charge in [-0.05, 0) is 17.7 Å². The molecule has 1 aliphatic rings. The Balaban J connectivity index is 2.51. The first kappa shape index (κ1) is 11.8. The number of fused-ring (bicyclic) bond motifs is 1. The first-order valence-corrected chi connectivity index (χ1v) is 4.90. The molecular weight excluding hydrogens is 235 g/mol. The highest BCUT2D eigenvalue weighted by atomic mass is 19.4. The average Bonchev–Trinajstić information content (AvgIpc) is 2.70. The molecule has 0 unspecified atom stereocenters. The average molecular weight is 245 g/mol. The largest absolute Gasteiger partial charge is 0.454 e. The zero-order valence-corrected chi connectivity index (χ0v) is 8.75. The van der Waals surface area contributed by atoms with Crippen LogP contribution in [0.25, 0.3) is 6.08 Å². The van der Waals surface area contributed by atoms with Crippen molar-refractivity contribution in [2.24, 2.45) is 5.73 Å². The van der Waals surface area contributed by atoms with Gasteiger partial charge in [0.2, 0.25) is 6.79 Å². The summed E-state index contributed by atoms with van der Waals surface area (Å²) in [6.07, 6.45) is -1.66. The Morgan fingerprint density at radius 1 is 1.24 bits per heavy atom. The van der Waals surface area contributed by atoms with Gasteiger partial charge in [0.05, 0.1) is 5.56 Å². The molecular formula is C11H10F3NO2. The van der Waals surface area contributed by atoms with Crippen LogP contribution in [0.2, 0.25) is 0 Å². The van der Waals surface area contributed by atoms with Crippen molar-refractivity contribution in [3.63, 3.8) is 0 Å². The Hall–Kier alpha value is -1.69. The maximum absolute atomic E-state index is 12.8. The van der Waals surface area contributed by atoms with Gasteiger partial charge in [-0.25, -0.2) is 0 Å². The molecule has 0 spiro atoms. The third-order valence-corrected chi connectivity index (χ3v) is 2.28. The summed E-state index contributed by atoms with van der Waals surface area (Å²) in [5.41, 5.74) is 4.49. The van der Waals surface area contributed by atoms with Gasteiger partial charge in [-0.1, -0.05) is 12.2 Å². The highest BCUT2D eigenvalue weighted by Gasteiger charge is 2.35. The first-order valence-electron chi connectivity index (χ1n) is 4.90. The lowest BCUT2D eigenvalue weighted by atomic mass is 10.1. The van der Waals surface area contributed by atoms with Crippen LogP contribution in [0.5, 0.6) is 11.5 Å². The van der Waals surface area contributed by atoms with Crippen molar-refractivity contribution in [3.8, 4) is 11.5 Å². The first-order chi connectivity index (χ1) is 8.02. The summed E-state index contributed by atoms with van der Waals surface area (Å²) < 4.78 is 48.3. The molecule has 2 rings (SSSR count). The lowest BCUT2D eigenvalue weighted by molar-refractivity contribution is -0.137. The molecule has 0 amide bonds. The minimum absolute atomic E-state index is 0.0206. The van der Waals surface area contributed by atoms with Gasteiger partial charge in [-0.3, -0.25) is 0 Å². The van der Waals surface area contributed by atoms with Gasteiger partial charge < -0.3 is 15.2 Å². The highest BCUT2D eigenvalue weighted by Crippen LogP contribution is 2.41. The molecule has 1 aromatic rings. The van der Waals surface area contributed by atoms with Gasteiger partial charge >= 0.3 is 6.18 Å². The van der Waals surface area contributed by atoms with Crippen LogP contribution in [0, 0.1) is 0 Å². The second-order valence-electron chi connectivity index (χ2n) is 3.43. The van der Waals surface area contributed by atoms with Crippen molar-refractivity contribution in [1.82, 2.24) is 0 Å². The predicted molar refractivity (Wildman–Crippen MR) is 55.7 cm³/mol. The van der Waals surface area contributed by atoms with Crippen LogP contribution in [-0.4, -0.2) is 13.3 Å². The summed E-state index contributed by atoms with van der Waals surface area (Å²) in [5.74, 6) is 0.428. The molecule has 0 saturated carbocycles. The summed E-state index contributed by atoms with van der Waals surface area (Å²) in [7, 11) is 0. The minimum Gasteiger partial charge on any atom is -0.454 e. The van der Waals surface area contributed by atoms with Crippen LogP contribution in [0.4, 0.5) is 13.2 Å². The second-order valence-corrected chi connectivity index (χ2v) is 3.43. The number of benzene rings is 1. The van der Waals surface area contributed by atoms with Gasteiger partial charge in [0.25, 0.3) is 0 Å². The molecule has 6 heteroatoms. The normalized spacial score (nSPS) is 14.6. The van der Waals surface area contributed by atoms with E-state index in [0.717, 1.165) is 6.07 Å². The van der Waals surface area contributed by atoms with E-state index >= 15 is 0 Å². The van der Waals surface area contributed by atoms with Crippen LogP contribution >= 0.6 is 0 Å². The Morgan fingerprint density at radius 2 is 1.88 bits per heavy atom. The van der Waals surface area contributed by atoms with E-state index in [4.69, 9.17) is 15.2 Å². The second kappa shape index (κ2) is 4.29. The van der Waals surface area contributed by atoms with Crippen LogP contribution in [0.3, 0.4) is 0 Å². The molecule has 92 valence electrons. The highest BCUT2D eigenvalue weighted by molar-refractivity contribution is 5.61. The number of hydrogen-bond donors (Lipinski definition) is 1. The van der Waals surface area contributed by atoms with E-state index in [1.54, 1.807) is 0 Å². The van der Waals surface area contributed by atoms with E-state index in [1.807, 2.05) is 0 Å². The molecule has 0 aliphatic carbocycles. The molecule has 0 saturated heterocycles. The van der Waals surface area contributed by atoms with Crippen LogP contribution in [-0.2, 0) is 6.18 Å². The molecule has 0 fully saturated rings. The predicted octanol–water partition coefficient (Wildman–Crippen LogP) is 2.41. The molecule has 0 bridgehead atoms. The van der Waals surface area contributed by atoms with Crippen molar-refractivity contribution >= 4 is 6.08 Å². The summed E-state index contributed by atoms with van der Waals surface area (Å²) >= 11 is 0. The van der Waals surface area contributed by atoms with Crippen LogP contribution in [0.15, 0.2) is 18.2 Å². The zero-order valence-electron chi connectivity index (χ0n) is 8.75. The van der Waals surface area contributed by atoms with Crippen LogP contribution < -0.4 is 15.2 Å². The molecule has 1 aromatic carbocycles. The van der Waals surface area contributed by atoms with E-state index in [9.17, 15) is 13.2 Å². The zero-order chi connectivity index (χ0) is 12.5. The van der Waals surface area contributed by atoms with Crippen molar-refractivity contribution < 1.29 is 22.6 Å². The van der Waals surface area contributed by atoms with E-state index in [-0.39, 0.29) is 24.7 Å². The maximum Gasteiger partial charge on any atom is 0.417 e. The Kier molecular flexibility index (Phi) is 2.97. The number of rotatable bonds is 2. The summed E-state index contributed by atoms with van der Waals surface area (Å²) in [5, 5.41) is 0. The number of hydrogen-bond acceptors (Lipinski definition) is 3. The Morgan fingerprint density at radius 3 is 2.47 bits per heavy atom. The van der Waals surface area contributed by atoms with E-state index in [0.29, 0.717) is 5.75 Å². The van der Waals surface area contributed by atoms with Crippen molar-refractivity contribution in [2.45, 2.75) is 6.18 Å². The molecule has 3 nitrogen and oxygen atoms in total. The number of halogens is 3. The van der Waals surface area contributed by atoms with E-state index < -0.39 is 11.7 Å². The topological polar surface area (TPSA) is 44.5 Å². The number of ether oxygens (including phenoxy) is 2. The Bertz CT molecular complexity index is 455. The van der Waals surface area contributed by atoms with Gasteiger partial charge in [-0.15, -0.1) is 0 Å². The summed E-state index contributed by atoms with van der Waals surface area (Å²) in [6.45, 7) is 0.114. The van der Waals surface area contributed by atoms with E-state index in [2.05, 4.69) is 0 Å². The third kappa shape index (κ3) is 2.36. The van der Waals surface area contributed by atoms with Crippen LogP contribution in [0.1, 0.15) is 11.1 Å². The summed E-state index contributed by atoms with van der Waals surface area (Å²) in [4.78, 5) is 0. The molecule has 0 aromatic heterocycles. The van der Waals surface area contributed by atoms with E-state index in [1.165, 1.54) is 18.2 Å². The fourth-order valence-corrected chi connectivity index (χ4v) is 1.54. The smallest absolute Gasteiger partial charge is 0.417 e. The van der Waals surface area contributed by atoms with Crippen molar-refractivity contribution in [3.05, 3.63) is 29.3 Å². The van der Waals surface area contributed by atoms with Crippen molar-refractivity contribution in [2.75, 3.05) is 13.3 Å². The SMILES string of the molecule is NC/C=C/c1cc2c(cc1C(F)(F)F)OCO2. The molecule has 0 atom stereocenters. The molecule has 17 heavy (non-hydrogen) atoms. The third-order valence-electron chi connectivity index (χ3n) is 2.28. The van der Waals surface area contributed by atoms with Gasteiger partial charge in [-0.2, -0.15) is 13.2 Å². The van der Waals surface area contributed by atoms with Gasteiger partial charge in [0.1, 0.15) is 0 Å². The number of nitrogens with two attached hydrogens (primary N) is 1. The van der Waals surface area contributed by atoms with Gasteiger partial charge in [0.15, 0.2) is 11.5 Å². The molecule has 2 N–H and O–H groups in total. The Labute approximate surface area is 95.6 Å².